The second-order valence-corrected chi connectivity index (χ2v) is 2.96. The summed E-state index contributed by atoms with van der Waals surface area (Å²) in [6, 6.07) is 0. The Kier molecular flexibility index (Phi) is 13.6. The van der Waals surface area contributed by atoms with Crippen LogP contribution in [0.25, 0.3) is 0 Å². The van der Waals surface area contributed by atoms with E-state index < -0.39 is 5.97 Å². The van der Waals surface area contributed by atoms with Gasteiger partial charge in [-0.05, 0) is 26.2 Å². The first-order chi connectivity index (χ1) is 7.06. The standard InChI is InChI=1S/C8H14O.C4H6O2/c1-2-3-4-5-6-7-8-9;1-3(2)4(5)6/h2,6-7,9H,1,3-5,8H2;1H2,2H3,(H,5,6). The van der Waals surface area contributed by atoms with Gasteiger partial charge >= 0.3 is 5.97 Å². The molecule has 0 aromatic carbocycles. The van der Waals surface area contributed by atoms with E-state index in [1.165, 1.54) is 6.92 Å². The molecule has 0 aliphatic carbocycles. The van der Waals surface area contributed by atoms with Crippen molar-refractivity contribution in [3.05, 3.63) is 37.0 Å². The zero-order chi connectivity index (χ0) is 12.1. The van der Waals surface area contributed by atoms with Crippen LogP contribution in [0.15, 0.2) is 37.0 Å². The Morgan fingerprint density at radius 2 is 1.87 bits per heavy atom. The summed E-state index contributed by atoms with van der Waals surface area (Å²) in [4.78, 5) is 9.60. The Balaban J connectivity index is 0. The molecular weight excluding hydrogens is 192 g/mol. The van der Waals surface area contributed by atoms with E-state index in [1.54, 1.807) is 6.08 Å². The summed E-state index contributed by atoms with van der Waals surface area (Å²) < 4.78 is 0. The molecular formula is C12H20O3. The van der Waals surface area contributed by atoms with Gasteiger partial charge in [0, 0.05) is 5.57 Å². The summed E-state index contributed by atoms with van der Waals surface area (Å²) in [6.45, 7) is 8.37. The Morgan fingerprint density at radius 1 is 1.33 bits per heavy atom. The van der Waals surface area contributed by atoms with E-state index in [0.717, 1.165) is 19.3 Å². The van der Waals surface area contributed by atoms with Crippen molar-refractivity contribution in [3.8, 4) is 0 Å². The molecule has 86 valence electrons. The predicted octanol–water partition coefficient (Wildman–Crippen LogP) is 2.54. The van der Waals surface area contributed by atoms with E-state index in [9.17, 15) is 4.79 Å². The zero-order valence-electron chi connectivity index (χ0n) is 9.28. The van der Waals surface area contributed by atoms with Gasteiger partial charge in [0.1, 0.15) is 0 Å². The van der Waals surface area contributed by atoms with E-state index in [1.807, 2.05) is 12.2 Å². The second kappa shape index (κ2) is 12.7. The van der Waals surface area contributed by atoms with Gasteiger partial charge in [-0.15, -0.1) is 6.58 Å². The molecule has 0 bridgehead atoms. The third-order valence-corrected chi connectivity index (χ3v) is 1.42. The van der Waals surface area contributed by atoms with Crippen molar-refractivity contribution in [3.63, 3.8) is 0 Å². The molecule has 3 heteroatoms. The topological polar surface area (TPSA) is 57.5 Å². The van der Waals surface area contributed by atoms with Crippen molar-refractivity contribution < 1.29 is 15.0 Å². The lowest BCUT2D eigenvalue weighted by Gasteiger charge is -1.86. The quantitative estimate of drug-likeness (QED) is 0.404. The van der Waals surface area contributed by atoms with Crippen LogP contribution in [0.4, 0.5) is 0 Å². The molecule has 0 amide bonds. The van der Waals surface area contributed by atoms with E-state index in [4.69, 9.17) is 10.2 Å². The van der Waals surface area contributed by atoms with Crippen molar-refractivity contribution >= 4 is 5.97 Å². The molecule has 0 heterocycles. The minimum atomic E-state index is -0.935. The van der Waals surface area contributed by atoms with E-state index in [0.29, 0.717) is 0 Å². The summed E-state index contributed by atoms with van der Waals surface area (Å²) in [6.07, 6.45) is 8.92. The molecule has 0 spiro atoms. The molecule has 0 aromatic heterocycles. The first-order valence-electron chi connectivity index (χ1n) is 4.81. The van der Waals surface area contributed by atoms with Crippen LogP contribution in [0.2, 0.25) is 0 Å². The molecule has 3 nitrogen and oxygen atoms in total. The summed E-state index contributed by atoms with van der Waals surface area (Å²) >= 11 is 0. The maximum atomic E-state index is 9.60. The Hall–Kier alpha value is -1.35. The molecule has 0 aliphatic rings. The van der Waals surface area contributed by atoms with Crippen molar-refractivity contribution in [2.45, 2.75) is 26.2 Å². The summed E-state index contributed by atoms with van der Waals surface area (Å²) in [5.74, 6) is -0.935. The fourth-order valence-electron chi connectivity index (χ4n) is 0.572. The summed E-state index contributed by atoms with van der Waals surface area (Å²) in [7, 11) is 0. The van der Waals surface area contributed by atoms with Crippen molar-refractivity contribution in [2.24, 2.45) is 0 Å². The molecule has 0 unspecified atom stereocenters. The first kappa shape index (κ1) is 16.1. The second-order valence-electron chi connectivity index (χ2n) is 2.96. The number of aliphatic hydroxyl groups excluding tert-OH is 1. The van der Waals surface area contributed by atoms with Crippen LogP contribution >= 0.6 is 0 Å². The Bertz CT molecular complexity index is 205. The minimum Gasteiger partial charge on any atom is -0.478 e. The number of carbonyl (C=O) groups is 1. The van der Waals surface area contributed by atoms with Crippen LogP contribution in [0.3, 0.4) is 0 Å². The summed E-state index contributed by atoms with van der Waals surface area (Å²) in [5.41, 5.74) is 0.176. The molecule has 0 aliphatic heterocycles. The van der Waals surface area contributed by atoms with Crippen LogP contribution in [0.5, 0.6) is 0 Å². The molecule has 15 heavy (non-hydrogen) atoms. The van der Waals surface area contributed by atoms with Crippen LogP contribution in [0, 0.1) is 0 Å². The van der Waals surface area contributed by atoms with Gasteiger partial charge in [0.05, 0.1) is 6.61 Å². The molecule has 0 saturated heterocycles. The van der Waals surface area contributed by atoms with Crippen LogP contribution in [-0.4, -0.2) is 22.8 Å². The number of allylic oxidation sites excluding steroid dienone is 2. The lowest BCUT2D eigenvalue weighted by Crippen LogP contribution is -1.92. The van der Waals surface area contributed by atoms with Crippen molar-refractivity contribution in [1.29, 1.82) is 0 Å². The molecule has 2 N–H and O–H groups in total. The number of rotatable bonds is 6. The number of carboxylic acid groups (broad SMARTS) is 1. The van der Waals surface area contributed by atoms with Crippen LogP contribution < -0.4 is 0 Å². The van der Waals surface area contributed by atoms with Gasteiger partial charge in [0.2, 0.25) is 0 Å². The minimum absolute atomic E-state index is 0.161. The zero-order valence-corrected chi connectivity index (χ0v) is 9.28. The van der Waals surface area contributed by atoms with Gasteiger partial charge in [0.15, 0.2) is 0 Å². The van der Waals surface area contributed by atoms with Crippen LogP contribution in [0.1, 0.15) is 26.2 Å². The van der Waals surface area contributed by atoms with Crippen LogP contribution in [-0.2, 0) is 4.79 Å². The molecule has 0 aromatic rings. The number of aliphatic carboxylic acids is 1. The number of aliphatic hydroxyl groups is 1. The molecule has 0 rings (SSSR count). The van der Waals surface area contributed by atoms with E-state index >= 15 is 0 Å². The van der Waals surface area contributed by atoms with Gasteiger partial charge in [-0.1, -0.05) is 24.8 Å². The SMILES string of the molecule is C=C(C)C(=O)O.C=CCCCC=CCO. The highest BCUT2D eigenvalue weighted by molar-refractivity contribution is 5.84. The smallest absolute Gasteiger partial charge is 0.330 e. The average molecular weight is 212 g/mol. The number of hydrogen-bond donors (Lipinski definition) is 2. The van der Waals surface area contributed by atoms with Gasteiger partial charge in [-0.3, -0.25) is 0 Å². The lowest BCUT2D eigenvalue weighted by atomic mass is 10.2. The normalized spacial score (nSPS) is 9.20. The van der Waals surface area contributed by atoms with Crippen molar-refractivity contribution in [2.75, 3.05) is 6.61 Å². The fraction of sp³-hybridized carbons (Fsp3) is 0.417. The number of hydrogen-bond acceptors (Lipinski definition) is 2. The maximum absolute atomic E-state index is 9.60. The fourth-order valence-corrected chi connectivity index (χ4v) is 0.572. The third kappa shape index (κ3) is 19.2. The largest absolute Gasteiger partial charge is 0.478 e. The Morgan fingerprint density at radius 3 is 2.20 bits per heavy atom. The molecule has 0 atom stereocenters. The highest BCUT2D eigenvalue weighted by Crippen LogP contribution is 1.95. The van der Waals surface area contributed by atoms with Gasteiger partial charge in [-0.2, -0.15) is 0 Å². The first-order valence-corrected chi connectivity index (χ1v) is 4.81. The van der Waals surface area contributed by atoms with Gasteiger partial charge in [-0.25, -0.2) is 4.79 Å². The lowest BCUT2D eigenvalue weighted by molar-refractivity contribution is -0.132. The molecule has 0 fully saturated rings. The predicted molar refractivity (Wildman–Crippen MR) is 62.7 cm³/mol. The Labute approximate surface area is 91.4 Å². The van der Waals surface area contributed by atoms with E-state index in [2.05, 4.69) is 13.2 Å². The summed E-state index contributed by atoms with van der Waals surface area (Å²) in [5, 5.41) is 16.2. The average Bonchev–Trinajstić information content (AvgIpc) is 2.18. The van der Waals surface area contributed by atoms with Crippen molar-refractivity contribution in [1.82, 2.24) is 0 Å². The number of carboxylic acids is 1. The van der Waals surface area contributed by atoms with Gasteiger partial charge < -0.3 is 10.2 Å². The van der Waals surface area contributed by atoms with Gasteiger partial charge in [0.25, 0.3) is 0 Å². The maximum Gasteiger partial charge on any atom is 0.330 e. The monoisotopic (exact) mass is 212 g/mol. The highest BCUT2D eigenvalue weighted by Gasteiger charge is 1.90. The molecule has 0 saturated carbocycles. The third-order valence-electron chi connectivity index (χ3n) is 1.42. The number of unbranched alkanes of at least 4 members (excludes halogenated alkanes) is 2. The highest BCUT2D eigenvalue weighted by atomic mass is 16.4. The molecule has 0 radical (unpaired) electrons. The van der Waals surface area contributed by atoms with E-state index in [-0.39, 0.29) is 12.2 Å².